The van der Waals surface area contributed by atoms with Gasteiger partial charge < -0.3 is 15.4 Å². The van der Waals surface area contributed by atoms with Crippen LogP contribution in [0.15, 0.2) is 24.3 Å². The van der Waals surface area contributed by atoms with Crippen molar-refractivity contribution in [3.8, 4) is 5.75 Å². The van der Waals surface area contributed by atoms with Crippen molar-refractivity contribution < 1.29 is 4.74 Å². The van der Waals surface area contributed by atoms with Gasteiger partial charge in [0.05, 0.1) is 7.11 Å². The molecule has 1 aromatic carbocycles. The van der Waals surface area contributed by atoms with Gasteiger partial charge in [0, 0.05) is 24.7 Å². The van der Waals surface area contributed by atoms with Crippen LogP contribution in [0.1, 0.15) is 31.4 Å². The molecule has 0 saturated carbocycles. The highest BCUT2D eigenvalue weighted by Gasteiger charge is 2.27. The molecule has 2 N–H and O–H groups in total. The van der Waals surface area contributed by atoms with Crippen molar-refractivity contribution in [2.75, 3.05) is 34.3 Å². The summed E-state index contributed by atoms with van der Waals surface area (Å²) in [6.45, 7) is 4.36. The van der Waals surface area contributed by atoms with Crippen LogP contribution in [0.2, 0.25) is 0 Å². The van der Waals surface area contributed by atoms with Crippen molar-refractivity contribution in [3.63, 3.8) is 0 Å². The van der Waals surface area contributed by atoms with Crippen LogP contribution in [-0.2, 0) is 0 Å². The summed E-state index contributed by atoms with van der Waals surface area (Å²) in [7, 11) is 6.10. The van der Waals surface area contributed by atoms with Crippen LogP contribution in [0.4, 0.5) is 0 Å². The van der Waals surface area contributed by atoms with Gasteiger partial charge in [-0.05, 0) is 58.1 Å². The predicted molar refractivity (Wildman–Crippen MR) is 87.7 cm³/mol. The number of benzene rings is 1. The average molecular weight is 291 g/mol. The molecule has 1 aliphatic rings. The van der Waals surface area contributed by atoms with E-state index in [0.29, 0.717) is 6.04 Å². The largest absolute Gasteiger partial charge is 0.497 e. The van der Waals surface area contributed by atoms with E-state index in [-0.39, 0.29) is 12.1 Å². The van der Waals surface area contributed by atoms with Gasteiger partial charge in [-0.2, -0.15) is 0 Å². The number of ether oxygens (including phenoxy) is 1. The summed E-state index contributed by atoms with van der Waals surface area (Å²) in [6.07, 6.45) is 2.59. The second kappa shape index (κ2) is 7.25. The van der Waals surface area contributed by atoms with Crippen molar-refractivity contribution in [2.45, 2.75) is 37.9 Å². The Morgan fingerprint density at radius 2 is 2.05 bits per heavy atom. The first-order valence-corrected chi connectivity index (χ1v) is 7.83. The lowest BCUT2D eigenvalue weighted by Crippen LogP contribution is -2.43. The Hall–Kier alpha value is -1.10. The van der Waals surface area contributed by atoms with Gasteiger partial charge in [0.15, 0.2) is 0 Å². The smallest absolute Gasteiger partial charge is 0.118 e. The Kier molecular flexibility index (Phi) is 5.62. The fourth-order valence-corrected chi connectivity index (χ4v) is 3.42. The van der Waals surface area contributed by atoms with Gasteiger partial charge in [-0.25, -0.2) is 0 Å². The molecule has 2 rings (SSSR count). The number of rotatable bonds is 6. The maximum absolute atomic E-state index is 6.26. The highest BCUT2D eigenvalue weighted by atomic mass is 16.5. The normalized spacial score (nSPS) is 22.5. The lowest BCUT2D eigenvalue weighted by atomic mass is 9.98. The molecule has 1 saturated heterocycles. The number of likely N-dealkylation sites (tertiary alicyclic amines) is 1. The maximum Gasteiger partial charge on any atom is 0.118 e. The molecule has 1 fully saturated rings. The van der Waals surface area contributed by atoms with Crippen LogP contribution in [0.5, 0.6) is 5.75 Å². The van der Waals surface area contributed by atoms with Crippen LogP contribution in [-0.4, -0.2) is 56.2 Å². The van der Waals surface area contributed by atoms with Gasteiger partial charge in [0.1, 0.15) is 5.75 Å². The first kappa shape index (κ1) is 16.3. The SMILES string of the molecule is COc1ccc(C(C(C)N)N(C)CC2CCCN2C)cc1. The Morgan fingerprint density at radius 3 is 2.52 bits per heavy atom. The summed E-state index contributed by atoms with van der Waals surface area (Å²) in [5.41, 5.74) is 7.52. The van der Waals surface area contributed by atoms with Crippen LogP contribution in [0, 0.1) is 0 Å². The maximum atomic E-state index is 6.26. The van der Waals surface area contributed by atoms with E-state index < -0.39 is 0 Å². The van der Waals surface area contributed by atoms with E-state index >= 15 is 0 Å². The molecule has 1 aromatic rings. The molecule has 118 valence electrons. The van der Waals surface area contributed by atoms with E-state index in [0.717, 1.165) is 12.3 Å². The van der Waals surface area contributed by atoms with E-state index in [1.807, 2.05) is 12.1 Å². The molecule has 0 amide bonds. The predicted octanol–water partition coefficient (Wildman–Crippen LogP) is 2.11. The molecule has 3 atom stereocenters. The second-order valence-corrected chi connectivity index (χ2v) is 6.29. The topological polar surface area (TPSA) is 41.7 Å². The van der Waals surface area contributed by atoms with Crippen molar-refractivity contribution in [3.05, 3.63) is 29.8 Å². The number of likely N-dealkylation sites (N-methyl/N-ethyl adjacent to an activating group) is 2. The molecular weight excluding hydrogens is 262 g/mol. The van der Waals surface area contributed by atoms with Gasteiger partial charge in [0.2, 0.25) is 0 Å². The molecule has 0 spiro atoms. The Morgan fingerprint density at radius 1 is 1.38 bits per heavy atom. The number of nitrogens with zero attached hydrogens (tertiary/aromatic N) is 2. The summed E-state index contributed by atoms with van der Waals surface area (Å²) in [6, 6.07) is 9.26. The minimum absolute atomic E-state index is 0.0927. The third-order valence-corrected chi connectivity index (χ3v) is 4.60. The zero-order valence-corrected chi connectivity index (χ0v) is 13.7. The second-order valence-electron chi connectivity index (χ2n) is 6.29. The minimum atomic E-state index is 0.0927. The third kappa shape index (κ3) is 3.96. The molecule has 0 aromatic heterocycles. The van der Waals surface area contributed by atoms with E-state index in [9.17, 15) is 0 Å². The Balaban J connectivity index is 2.09. The lowest BCUT2D eigenvalue weighted by Gasteiger charge is -2.35. The van der Waals surface area contributed by atoms with Crippen molar-refractivity contribution in [1.29, 1.82) is 0 Å². The van der Waals surface area contributed by atoms with Crippen LogP contribution in [0.25, 0.3) is 0 Å². The van der Waals surface area contributed by atoms with E-state index in [4.69, 9.17) is 10.5 Å². The fraction of sp³-hybridized carbons (Fsp3) is 0.647. The van der Waals surface area contributed by atoms with Crippen LogP contribution < -0.4 is 10.5 Å². The summed E-state index contributed by atoms with van der Waals surface area (Å²) < 4.78 is 5.24. The number of nitrogens with two attached hydrogens (primary N) is 1. The van der Waals surface area contributed by atoms with Crippen molar-refractivity contribution in [2.24, 2.45) is 5.73 Å². The van der Waals surface area contributed by atoms with Gasteiger partial charge in [-0.15, -0.1) is 0 Å². The van der Waals surface area contributed by atoms with Crippen molar-refractivity contribution >= 4 is 0 Å². The van der Waals surface area contributed by atoms with Gasteiger partial charge >= 0.3 is 0 Å². The van der Waals surface area contributed by atoms with Gasteiger partial charge in [-0.1, -0.05) is 12.1 Å². The number of methoxy groups -OCH3 is 1. The zero-order chi connectivity index (χ0) is 15.4. The summed E-state index contributed by atoms with van der Waals surface area (Å²) in [4.78, 5) is 4.86. The van der Waals surface area contributed by atoms with E-state index in [2.05, 4.69) is 43.0 Å². The lowest BCUT2D eigenvalue weighted by molar-refractivity contribution is 0.163. The fourth-order valence-electron chi connectivity index (χ4n) is 3.42. The van der Waals surface area contributed by atoms with Gasteiger partial charge in [-0.3, -0.25) is 4.90 Å². The summed E-state index contributed by atoms with van der Waals surface area (Å²) >= 11 is 0. The molecule has 0 aliphatic carbocycles. The molecule has 1 heterocycles. The number of hydrogen-bond donors (Lipinski definition) is 1. The minimum Gasteiger partial charge on any atom is -0.497 e. The third-order valence-electron chi connectivity index (χ3n) is 4.60. The quantitative estimate of drug-likeness (QED) is 0.871. The molecule has 4 heteroatoms. The molecule has 1 aliphatic heterocycles. The Bertz CT molecular complexity index is 432. The monoisotopic (exact) mass is 291 g/mol. The molecule has 21 heavy (non-hydrogen) atoms. The van der Waals surface area contributed by atoms with Crippen LogP contribution >= 0.6 is 0 Å². The zero-order valence-electron chi connectivity index (χ0n) is 13.7. The highest BCUT2D eigenvalue weighted by Crippen LogP contribution is 2.26. The first-order valence-electron chi connectivity index (χ1n) is 7.83. The molecule has 0 bridgehead atoms. The first-order chi connectivity index (χ1) is 10.0. The molecule has 3 unspecified atom stereocenters. The van der Waals surface area contributed by atoms with Crippen LogP contribution in [0.3, 0.4) is 0 Å². The number of hydrogen-bond acceptors (Lipinski definition) is 4. The summed E-state index contributed by atoms with van der Waals surface area (Å²) in [5, 5.41) is 0. The standard InChI is InChI=1S/C17H29N3O/c1-13(18)17(14-7-9-16(21-4)10-8-14)20(3)12-15-6-5-11-19(15)2/h7-10,13,15,17H,5-6,11-12,18H2,1-4H3. The summed E-state index contributed by atoms with van der Waals surface area (Å²) in [5.74, 6) is 0.889. The molecular formula is C17H29N3O. The average Bonchev–Trinajstić information content (AvgIpc) is 2.85. The van der Waals surface area contributed by atoms with Crippen molar-refractivity contribution in [1.82, 2.24) is 9.80 Å². The van der Waals surface area contributed by atoms with E-state index in [1.165, 1.54) is 24.9 Å². The molecule has 4 nitrogen and oxygen atoms in total. The molecule has 0 radical (unpaired) electrons. The van der Waals surface area contributed by atoms with Gasteiger partial charge in [0.25, 0.3) is 0 Å². The Labute approximate surface area is 128 Å². The van der Waals surface area contributed by atoms with E-state index in [1.54, 1.807) is 7.11 Å². The highest BCUT2D eigenvalue weighted by molar-refractivity contribution is 5.29.